The van der Waals surface area contributed by atoms with Gasteiger partial charge in [0.2, 0.25) is 0 Å². The molecule has 0 radical (unpaired) electrons. The molecule has 178 valence electrons. The molecule has 0 amide bonds. The van der Waals surface area contributed by atoms with E-state index >= 15 is 0 Å². The Kier molecular flexibility index (Phi) is 17.3. The van der Waals surface area contributed by atoms with Crippen molar-refractivity contribution in [3.05, 3.63) is 35.9 Å². The van der Waals surface area contributed by atoms with Crippen LogP contribution in [0.3, 0.4) is 0 Å². The summed E-state index contributed by atoms with van der Waals surface area (Å²) in [5.74, 6) is -0.314. The van der Waals surface area contributed by atoms with Gasteiger partial charge in [-0.1, -0.05) is 64.7 Å². The predicted molar refractivity (Wildman–Crippen MR) is 129 cm³/mol. The van der Waals surface area contributed by atoms with E-state index in [0.717, 1.165) is 28.2 Å². The van der Waals surface area contributed by atoms with Crippen LogP contribution in [0, 0.1) is 0 Å². The Bertz CT molecular complexity index is 600. The zero-order chi connectivity index (χ0) is 23.3. The van der Waals surface area contributed by atoms with Gasteiger partial charge in [-0.15, -0.1) is 0 Å². The van der Waals surface area contributed by atoms with Crippen molar-refractivity contribution in [2.75, 3.05) is 0 Å². The average Bonchev–Trinajstić information content (AvgIpc) is 2.80. The predicted octanol–water partition coefficient (Wildman–Crippen LogP) is 4.99. The third-order valence-electron chi connectivity index (χ3n) is 5.63. The molecule has 1 aromatic carbocycles. The van der Waals surface area contributed by atoms with Gasteiger partial charge in [-0.25, -0.2) is 0 Å². The molecule has 0 saturated carbocycles. The molecule has 0 heterocycles. The molecule has 0 N–H and O–H groups in total. The van der Waals surface area contributed by atoms with Crippen LogP contribution in [-0.4, -0.2) is 11.7 Å². The van der Waals surface area contributed by atoms with Crippen molar-refractivity contribution in [3.8, 4) is 0 Å². The minimum absolute atomic E-state index is 0.233. The summed E-state index contributed by atoms with van der Waals surface area (Å²) in [7, 11) is 0.986. The molecule has 3 nitrogen and oxygen atoms in total. The number of ether oxygens (including phenoxy) is 1. The molecular formula is C26H42IO3S-. The fourth-order valence-corrected chi connectivity index (χ4v) is 4.71. The molecule has 0 aliphatic rings. The monoisotopic (exact) mass is 563 g/mol. The second kappa shape index (κ2) is 20.1. The van der Waals surface area contributed by atoms with Crippen LogP contribution in [0.15, 0.2) is 30.3 Å². The van der Waals surface area contributed by atoms with Gasteiger partial charge in [-0.2, -0.15) is 0 Å². The number of hydrogen-bond donors (Lipinski definition) is 0. The van der Waals surface area contributed by atoms with Gasteiger partial charge in [0.15, 0.2) is 0 Å². The van der Waals surface area contributed by atoms with Crippen molar-refractivity contribution in [2.45, 2.75) is 116 Å². The van der Waals surface area contributed by atoms with Crippen molar-refractivity contribution in [1.82, 2.24) is 0 Å². The van der Waals surface area contributed by atoms with E-state index in [0.29, 0.717) is 12.0 Å². The van der Waals surface area contributed by atoms with Crippen molar-refractivity contribution < 1.29 is 35.3 Å². The van der Waals surface area contributed by atoms with Gasteiger partial charge in [-0.3, -0.25) is 0 Å². The molecule has 1 atom stereocenters. The molecule has 0 bridgehead atoms. The van der Waals surface area contributed by atoms with Gasteiger partial charge in [0.1, 0.15) is 0 Å². The normalized spacial score (nSPS) is 12.5. The Labute approximate surface area is 206 Å². The van der Waals surface area contributed by atoms with E-state index in [1.54, 1.807) is 12.1 Å². The summed E-state index contributed by atoms with van der Waals surface area (Å²) in [6.07, 6.45) is 18.8. The topological polar surface area (TPSA) is 43.4 Å². The molecular weight excluding hydrogens is 519 g/mol. The van der Waals surface area contributed by atoms with Crippen molar-refractivity contribution in [1.29, 1.82) is 0.594 Å². The number of rotatable bonds is 20. The molecule has 31 heavy (non-hydrogen) atoms. The summed E-state index contributed by atoms with van der Waals surface area (Å²) in [4.78, 5) is 24.5. The first-order valence-corrected chi connectivity index (χ1v) is 15.6. The van der Waals surface area contributed by atoms with Gasteiger partial charge in [0, 0.05) is 0 Å². The SMILES string of the molecule is [3H][I-]SC(=O)[C@@H](OC(=O)CCCCCCCCCCCCCCCCC)c1ccccc1. The first-order chi connectivity index (χ1) is 15.7. The van der Waals surface area contributed by atoms with Crippen molar-refractivity contribution in [2.24, 2.45) is 0 Å². The third kappa shape index (κ3) is 15.0. The summed E-state index contributed by atoms with van der Waals surface area (Å²) in [6, 6.07) is 9.13. The number of carbonyl (C=O) groups is 2. The number of unbranched alkanes of at least 4 members (excludes halogenated alkanes) is 14. The van der Waals surface area contributed by atoms with Crippen LogP contribution in [0.4, 0.5) is 0 Å². The van der Waals surface area contributed by atoms with E-state index in [9.17, 15) is 9.59 Å². The van der Waals surface area contributed by atoms with Crippen LogP contribution in [0.5, 0.6) is 0 Å². The Morgan fingerprint density at radius 1 is 0.839 bits per heavy atom. The molecule has 0 aromatic heterocycles. The van der Waals surface area contributed by atoms with Crippen molar-refractivity contribution >= 4 is 20.0 Å². The number of carbonyl (C=O) groups excluding carboxylic acids is 2. The summed E-state index contributed by atoms with van der Waals surface area (Å²) in [5.41, 5.74) is 0.687. The van der Waals surface area contributed by atoms with Gasteiger partial charge in [0.25, 0.3) is 0 Å². The molecule has 0 saturated heterocycles. The maximum absolute atomic E-state index is 12.3. The summed E-state index contributed by atoms with van der Waals surface area (Å²) < 4.78 is 12.9. The Morgan fingerprint density at radius 3 is 1.81 bits per heavy atom. The molecule has 0 unspecified atom stereocenters. The van der Waals surface area contributed by atoms with Crippen LogP contribution < -0.4 is 21.0 Å². The van der Waals surface area contributed by atoms with Crippen LogP contribution in [0.2, 0.25) is 0 Å². The molecule has 0 fully saturated rings. The van der Waals surface area contributed by atoms with Crippen LogP contribution in [0.25, 0.3) is 0 Å². The van der Waals surface area contributed by atoms with Crippen molar-refractivity contribution in [3.63, 3.8) is 0 Å². The summed E-state index contributed by atoms with van der Waals surface area (Å²) in [5, 5.41) is -0.233. The number of hydrogen-bond acceptors (Lipinski definition) is 4. The van der Waals surface area contributed by atoms with Crippen LogP contribution >= 0.6 is 8.93 Å². The fraction of sp³-hybridized carbons (Fsp3) is 0.692. The van der Waals surface area contributed by atoms with E-state index in [4.69, 9.17) is 5.33 Å². The molecule has 0 aliphatic heterocycles. The Morgan fingerprint density at radius 2 is 1.32 bits per heavy atom. The minimum atomic E-state index is -0.989. The first-order valence-electron chi connectivity index (χ1n) is 12.6. The Balaban J connectivity index is 2.04. The van der Waals surface area contributed by atoms with Gasteiger partial charge < -0.3 is 0 Å². The summed E-state index contributed by atoms with van der Waals surface area (Å²) in [6.45, 7) is 2.27. The average molecular weight is 564 g/mol. The zero-order valence-electron chi connectivity index (χ0n) is 20.3. The molecule has 5 heteroatoms. The second-order valence-corrected chi connectivity index (χ2v) is 10.3. The summed E-state index contributed by atoms with van der Waals surface area (Å²) >= 11 is -0.989. The van der Waals surface area contributed by atoms with Gasteiger partial charge in [0.05, 0.1) is 0 Å². The second-order valence-electron chi connectivity index (χ2n) is 8.38. The van der Waals surface area contributed by atoms with Crippen LogP contribution in [-0.2, 0) is 14.3 Å². The van der Waals surface area contributed by atoms with Gasteiger partial charge >= 0.3 is 143 Å². The van der Waals surface area contributed by atoms with E-state index in [1.807, 2.05) is 18.2 Å². The first kappa shape index (κ1) is 26.7. The fourth-order valence-electron chi connectivity index (χ4n) is 3.75. The zero-order valence-corrected chi connectivity index (χ0v) is 22.3. The number of halogens is 1. The van der Waals surface area contributed by atoms with Crippen LogP contribution in [0.1, 0.15) is 121 Å². The maximum atomic E-state index is 12.3. The molecule has 1 rings (SSSR count). The van der Waals surface area contributed by atoms with E-state index in [-0.39, 0.29) is 11.1 Å². The number of esters is 1. The molecule has 0 aliphatic carbocycles. The Hall–Kier alpha value is -0.560. The van der Waals surface area contributed by atoms with E-state index < -0.39 is 27.1 Å². The quantitative estimate of drug-likeness (QED) is 0.127. The van der Waals surface area contributed by atoms with Gasteiger partial charge in [-0.05, 0) is 0 Å². The number of benzene rings is 1. The van der Waals surface area contributed by atoms with E-state index in [1.165, 1.54) is 77.0 Å². The standard InChI is InChI=1S/C26H42IO3S/c1-2-3-4-5-6-7-8-9-10-11-12-13-14-15-19-22-24(28)30-25(26(29)31-27)23-20-17-16-18-21-23/h16-18,20-21,25,27H,2-15,19,22H2,1H3/q-1/t25-/m0/s1/i27T. The molecule has 0 spiro atoms. The third-order valence-corrected chi connectivity index (χ3v) is 7.29. The molecule has 1 aromatic rings. The van der Waals surface area contributed by atoms with E-state index in [2.05, 4.69) is 6.92 Å².